The van der Waals surface area contributed by atoms with Gasteiger partial charge in [-0.15, -0.1) is 11.8 Å². The topological polar surface area (TPSA) is 135 Å². The lowest BCUT2D eigenvalue weighted by Crippen LogP contribution is -2.48. The summed E-state index contributed by atoms with van der Waals surface area (Å²) in [6.45, 7) is 3.28. The zero-order valence-electron chi connectivity index (χ0n) is 15.0. The van der Waals surface area contributed by atoms with Crippen LogP contribution in [-0.2, 0) is 6.42 Å². The van der Waals surface area contributed by atoms with Crippen LogP contribution in [0.3, 0.4) is 0 Å². The number of fused-ring (bicyclic) bond motifs is 2. The zero-order valence-corrected chi connectivity index (χ0v) is 15.8. The van der Waals surface area contributed by atoms with Crippen molar-refractivity contribution in [2.45, 2.75) is 50.9 Å². The molecule has 3 unspecified atom stereocenters. The number of benzene rings is 1. The molecule has 27 heavy (non-hydrogen) atoms. The monoisotopic (exact) mass is 394 g/mol. The molecule has 2 aliphatic rings. The number of Topliss-reactive ketones (excluding diaryl/α,β-unsaturated/α-hetero) is 1. The fourth-order valence-corrected chi connectivity index (χ4v) is 4.60. The molecule has 0 fully saturated rings. The number of carbonyl (C=O) groups is 2. The predicted octanol–water partition coefficient (Wildman–Crippen LogP) is 1.60. The largest absolute Gasteiger partial charge is 0.507 e. The molecule has 3 rings (SSSR count). The summed E-state index contributed by atoms with van der Waals surface area (Å²) in [7, 11) is 0. The maximum absolute atomic E-state index is 12.8. The van der Waals surface area contributed by atoms with Gasteiger partial charge in [-0.25, -0.2) is 0 Å². The molecule has 3 atom stereocenters. The summed E-state index contributed by atoms with van der Waals surface area (Å²) >= 11 is 1.21. The number of unbranched alkanes of at least 4 members (excludes halogenated alkanes) is 1. The van der Waals surface area contributed by atoms with E-state index in [2.05, 4.69) is 0 Å². The van der Waals surface area contributed by atoms with Crippen LogP contribution in [0, 0.1) is 0 Å². The third kappa shape index (κ3) is 3.06. The average molecular weight is 394 g/mol. The van der Waals surface area contributed by atoms with Crippen molar-refractivity contribution in [1.82, 2.24) is 0 Å². The fraction of sp³-hybridized carbons (Fsp3) is 0.474. The Labute approximate surface area is 160 Å². The summed E-state index contributed by atoms with van der Waals surface area (Å²) in [5.41, 5.74) is -2.76. The number of aromatic hydroxyl groups is 2. The number of aliphatic hydroxyl groups excluding tert-OH is 2. The predicted molar refractivity (Wildman–Crippen MR) is 99.2 cm³/mol. The third-order valence-corrected chi connectivity index (χ3v) is 6.18. The van der Waals surface area contributed by atoms with Crippen LogP contribution in [0.2, 0.25) is 0 Å². The zero-order chi connectivity index (χ0) is 20.1. The van der Waals surface area contributed by atoms with Gasteiger partial charge in [-0.1, -0.05) is 13.3 Å². The first-order valence-electron chi connectivity index (χ1n) is 8.74. The second kappa shape index (κ2) is 6.94. The molecule has 7 nitrogen and oxygen atoms in total. The molecule has 8 heteroatoms. The van der Waals surface area contributed by atoms with E-state index in [1.54, 1.807) is 0 Å². The summed E-state index contributed by atoms with van der Waals surface area (Å²) in [6.07, 6.45) is -0.737. The molecule has 1 aromatic rings. The van der Waals surface area contributed by atoms with E-state index in [9.17, 15) is 35.1 Å². The van der Waals surface area contributed by atoms with Gasteiger partial charge in [0.1, 0.15) is 23.7 Å². The molecule has 0 radical (unpaired) electrons. The number of phenols is 2. The molecule has 0 heterocycles. The van der Waals surface area contributed by atoms with E-state index in [1.165, 1.54) is 18.7 Å². The highest BCUT2D eigenvalue weighted by molar-refractivity contribution is 8.04. The average Bonchev–Trinajstić information content (AvgIpc) is 2.60. The third-order valence-electron chi connectivity index (χ3n) is 5.07. The molecular weight excluding hydrogens is 372 g/mol. The van der Waals surface area contributed by atoms with E-state index in [1.807, 2.05) is 6.92 Å². The standard InChI is InChI=1S/C19H22O7S/c1-3-4-5-27-10-6-9(20)12-13(15(10)22)14(21)8-7-19(2,26)18(25)17(24)11(8)16(12)23/h6,17-18,21,23-26H,3-5,7H2,1-2H3. The Balaban J connectivity index is 2.17. The van der Waals surface area contributed by atoms with Gasteiger partial charge < -0.3 is 25.5 Å². The molecule has 146 valence electrons. The number of aliphatic hydroxyl groups is 3. The van der Waals surface area contributed by atoms with Gasteiger partial charge in [-0.3, -0.25) is 9.59 Å². The summed E-state index contributed by atoms with van der Waals surface area (Å²) < 4.78 is 0. The van der Waals surface area contributed by atoms with Gasteiger partial charge in [-0.05, 0) is 19.1 Å². The van der Waals surface area contributed by atoms with Crippen LogP contribution in [-0.4, -0.2) is 54.6 Å². The van der Waals surface area contributed by atoms with Gasteiger partial charge in [0.15, 0.2) is 5.78 Å². The number of hydrogen-bond donors (Lipinski definition) is 5. The van der Waals surface area contributed by atoms with Crippen molar-refractivity contribution in [2.75, 3.05) is 5.75 Å². The first-order chi connectivity index (χ1) is 12.6. The molecule has 0 aliphatic heterocycles. The van der Waals surface area contributed by atoms with Crippen LogP contribution in [0.4, 0.5) is 0 Å². The second-order valence-electron chi connectivity index (χ2n) is 7.17. The second-order valence-corrected chi connectivity index (χ2v) is 8.30. The van der Waals surface area contributed by atoms with Crippen LogP contribution in [0.15, 0.2) is 11.0 Å². The Morgan fingerprint density at radius 2 is 1.85 bits per heavy atom. The van der Waals surface area contributed by atoms with E-state index < -0.39 is 40.9 Å². The van der Waals surface area contributed by atoms with Crippen molar-refractivity contribution in [1.29, 1.82) is 0 Å². The first-order valence-corrected chi connectivity index (χ1v) is 9.73. The van der Waals surface area contributed by atoms with Gasteiger partial charge >= 0.3 is 0 Å². The lowest BCUT2D eigenvalue weighted by Gasteiger charge is -2.39. The van der Waals surface area contributed by atoms with Crippen LogP contribution in [0.5, 0.6) is 11.5 Å². The van der Waals surface area contributed by atoms with Gasteiger partial charge in [-0.2, -0.15) is 0 Å². The minimum atomic E-state index is -1.78. The molecule has 0 bridgehead atoms. The molecule has 0 saturated heterocycles. The summed E-state index contributed by atoms with van der Waals surface area (Å²) in [5.74, 6) is -1.80. The SMILES string of the molecule is CCCCSC1=CC(=O)c2c(O)c3c(c(O)c2C1=O)CC(C)(O)C(O)C3O. The summed E-state index contributed by atoms with van der Waals surface area (Å²) in [6, 6.07) is 0. The fourth-order valence-electron chi connectivity index (χ4n) is 3.53. The minimum absolute atomic E-state index is 0.0463. The smallest absolute Gasteiger partial charge is 0.204 e. The Morgan fingerprint density at radius 1 is 1.19 bits per heavy atom. The van der Waals surface area contributed by atoms with E-state index >= 15 is 0 Å². The Bertz CT molecular complexity index is 856. The molecule has 1 aromatic carbocycles. The number of carbonyl (C=O) groups excluding carboxylic acids is 2. The van der Waals surface area contributed by atoms with Gasteiger partial charge in [0.05, 0.1) is 21.6 Å². The normalized spacial score (nSPS) is 27.2. The maximum atomic E-state index is 12.8. The van der Waals surface area contributed by atoms with Gasteiger partial charge in [0.25, 0.3) is 0 Å². The van der Waals surface area contributed by atoms with Crippen molar-refractivity contribution in [3.8, 4) is 11.5 Å². The van der Waals surface area contributed by atoms with E-state index in [0.717, 1.165) is 18.9 Å². The Kier molecular flexibility index (Phi) is 5.11. The van der Waals surface area contributed by atoms with E-state index in [-0.39, 0.29) is 33.6 Å². The summed E-state index contributed by atoms with van der Waals surface area (Å²) in [5, 5.41) is 52.0. The number of thioether (sulfide) groups is 1. The number of ketones is 2. The molecular formula is C19H22O7S. The van der Waals surface area contributed by atoms with Crippen LogP contribution in [0.25, 0.3) is 0 Å². The molecule has 0 spiro atoms. The maximum Gasteiger partial charge on any atom is 0.204 e. The highest BCUT2D eigenvalue weighted by Gasteiger charge is 2.47. The van der Waals surface area contributed by atoms with Gasteiger partial charge in [0.2, 0.25) is 5.78 Å². The number of allylic oxidation sites excluding steroid dienone is 2. The lowest BCUT2D eigenvalue weighted by molar-refractivity contribution is -0.126. The van der Waals surface area contributed by atoms with Crippen LogP contribution in [0.1, 0.15) is 64.6 Å². The van der Waals surface area contributed by atoms with E-state index in [4.69, 9.17) is 0 Å². The van der Waals surface area contributed by atoms with Crippen molar-refractivity contribution in [3.63, 3.8) is 0 Å². The van der Waals surface area contributed by atoms with Crippen molar-refractivity contribution in [2.24, 2.45) is 0 Å². The minimum Gasteiger partial charge on any atom is -0.507 e. The lowest BCUT2D eigenvalue weighted by atomic mass is 9.74. The molecule has 0 amide bonds. The van der Waals surface area contributed by atoms with Crippen molar-refractivity contribution in [3.05, 3.63) is 33.2 Å². The van der Waals surface area contributed by atoms with Gasteiger partial charge in [0, 0.05) is 23.6 Å². The molecule has 5 N–H and O–H groups in total. The molecule has 0 saturated carbocycles. The molecule has 2 aliphatic carbocycles. The molecule has 0 aromatic heterocycles. The Morgan fingerprint density at radius 3 is 2.48 bits per heavy atom. The first kappa shape index (κ1) is 19.9. The van der Waals surface area contributed by atoms with Crippen LogP contribution >= 0.6 is 11.8 Å². The Hall–Kier alpha value is -1.87. The highest BCUT2D eigenvalue weighted by atomic mass is 32.2. The number of hydrogen-bond acceptors (Lipinski definition) is 8. The summed E-state index contributed by atoms with van der Waals surface area (Å²) in [4.78, 5) is 25.6. The number of phenolic OH excluding ortho intramolecular Hbond substituents is 2. The van der Waals surface area contributed by atoms with E-state index in [0.29, 0.717) is 5.75 Å². The number of rotatable bonds is 4. The van der Waals surface area contributed by atoms with Crippen LogP contribution < -0.4 is 0 Å². The quantitative estimate of drug-likeness (QED) is 0.384. The van der Waals surface area contributed by atoms with Crippen molar-refractivity contribution < 1.29 is 35.1 Å². The van der Waals surface area contributed by atoms with Crippen molar-refractivity contribution >= 4 is 23.3 Å². The highest BCUT2D eigenvalue weighted by Crippen LogP contribution is 2.49.